The zero-order valence-corrected chi connectivity index (χ0v) is 14.3. The SMILES string of the molecule is Cc1ccc(CC(C)C(=O)N2C[C@H]3COCC[C@@]3(C(=O)O)C2)cc1. The highest BCUT2D eigenvalue weighted by Gasteiger charge is 2.55. The predicted molar refractivity (Wildman–Crippen MR) is 89.6 cm³/mol. The van der Waals surface area contributed by atoms with Crippen molar-refractivity contribution in [3.63, 3.8) is 0 Å². The van der Waals surface area contributed by atoms with E-state index < -0.39 is 11.4 Å². The first-order chi connectivity index (χ1) is 11.4. The molecule has 2 heterocycles. The van der Waals surface area contributed by atoms with Crippen LogP contribution in [-0.2, 0) is 20.7 Å². The predicted octanol–water partition coefficient (Wildman–Crippen LogP) is 2.12. The Morgan fingerprint density at radius 1 is 1.38 bits per heavy atom. The molecule has 2 fully saturated rings. The van der Waals surface area contributed by atoms with Gasteiger partial charge in [0.25, 0.3) is 0 Å². The number of fused-ring (bicyclic) bond motifs is 1. The van der Waals surface area contributed by atoms with Crippen LogP contribution in [0.4, 0.5) is 0 Å². The summed E-state index contributed by atoms with van der Waals surface area (Å²) in [6.07, 6.45) is 1.17. The standard InChI is InChI=1S/C19H25NO4/c1-13-3-5-15(6-4-13)9-14(2)17(21)20-10-16-11-24-8-7-19(16,12-20)18(22)23/h3-6,14,16H,7-12H2,1-2H3,(H,22,23)/t14?,16-,19+/m0/s1. The van der Waals surface area contributed by atoms with E-state index in [-0.39, 0.29) is 17.7 Å². The molecule has 0 bridgehead atoms. The second kappa shape index (κ2) is 6.55. The van der Waals surface area contributed by atoms with Crippen LogP contribution in [0.3, 0.4) is 0 Å². The van der Waals surface area contributed by atoms with Gasteiger partial charge in [0.05, 0.1) is 12.0 Å². The molecule has 2 aliphatic rings. The molecule has 2 saturated heterocycles. The van der Waals surface area contributed by atoms with E-state index in [9.17, 15) is 14.7 Å². The molecule has 0 spiro atoms. The van der Waals surface area contributed by atoms with Crippen LogP contribution in [0.25, 0.3) is 0 Å². The van der Waals surface area contributed by atoms with Gasteiger partial charge in [0.2, 0.25) is 5.91 Å². The third-order valence-corrected chi connectivity index (χ3v) is 5.53. The smallest absolute Gasteiger partial charge is 0.311 e. The van der Waals surface area contributed by atoms with Crippen LogP contribution in [-0.4, -0.2) is 48.2 Å². The van der Waals surface area contributed by atoms with E-state index in [1.54, 1.807) is 4.90 Å². The molecule has 1 amide bonds. The summed E-state index contributed by atoms with van der Waals surface area (Å²) in [4.78, 5) is 26.4. The molecular formula is C19H25NO4. The van der Waals surface area contributed by atoms with E-state index in [2.05, 4.69) is 12.1 Å². The molecule has 24 heavy (non-hydrogen) atoms. The second-order valence-electron chi connectivity index (χ2n) is 7.29. The number of aliphatic carboxylic acids is 1. The molecule has 1 N–H and O–H groups in total. The second-order valence-corrected chi connectivity index (χ2v) is 7.29. The van der Waals surface area contributed by atoms with Crippen molar-refractivity contribution in [2.75, 3.05) is 26.3 Å². The first-order valence-corrected chi connectivity index (χ1v) is 8.58. The summed E-state index contributed by atoms with van der Waals surface area (Å²) in [6.45, 7) is 5.66. The molecule has 1 aromatic carbocycles. The number of carbonyl (C=O) groups is 2. The summed E-state index contributed by atoms with van der Waals surface area (Å²) in [5.41, 5.74) is 1.51. The molecular weight excluding hydrogens is 306 g/mol. The Morgan fingerprint density at radius 2 is 2.08 bits per heavy atom. The number of carbonyl (C=O) groups excluding carboxylic acids is 1. The van der Waals surface area contributed by atoms with Gasteiger partial charge in [0, 0.05) is 31.5 Å². The Kier molecular flexibility index (Phi) is 4.63. The lowest BCUT2D eigenvalue weighted by Crippen LogP contribution is -2.45. The fourth-order valence-electron chi connectivity index (χ4n) is 3.94. The van der Waals surface area contributed by atoms with Gasteiger partial charge in [-0.2, -0.15) is 0 Å². The normalized spacial score (nSPS) is 27.6. The van der Waals surface area contributed by atoms with Crippen LogP contribution < -0.4 is 0 Å². The van der Waals surface area contributed by atoms with Crippen molar-refractivity contribution in [3.05, 3.63) is 35.4 Å². The molecule has 130 valence electrons. The molecule has 0 aliphatic carbocycles. The van der Waals surface area contributed by atoms with Gasteiger partial charge in [-0.3, -0.25) is 9.59 Å². The first kappa shape index (κ1) is 17.0. The number of aryl methyl sites for hydroxylation is 1. The summed E-state index contributed by atoms with van der Waals surface area (Å²) in [7, 11) is 0. The molecule has 0 aromatic heterocycles. The highest BCUT2D eigenvalue weighted by molar-refractivity contribution is 5.82. The van der Waals surface area contributed by atoms with E-state index >= 15 is 0 Å². The van der Waals surface area contributed by atoms with Gasteiger partial charge in [0.15, 0.2) is 0 Å². The largest absolute Gasteiger partial charge is 0.481 e. The van der Waals surface area contributed by atoms with E-state index in [1.165, 1.54) is 5.56 Å². The monoisotopic (exact) mass is 331 g/mol. The molecule has 3 atom stereocenters. The van der Waals surface area contributed by atoms with Crippen LogP contribution >= 0.6 is 0 Å². The third-order valence-electron chi connectivity index (χ3n) is 5.53. The fourth-order valence-corrected chi connectivity index (χ4v) is 3.94. The van der Waals surface area contributed by atoms with E-state index in [4.69, 9.17) is 4.74 Å². The fraction of sp³-hybridized carbons (Fsp3) is 0.579. The van der Waals surface area contributed by atoms with Crippen LogP contribution in [0.15, 0.2) is 24.3 Å². The number of rotatable bonds is 4. The van der Waals surface area contributed by atoms with Gasteiger partial charge in [-0.25, -0.2) is 0 Å². The summed E-state index contributed by atoms with van der Waals surface area (Å²) in [5, 5.41) is 9.70. The minimum absolute atomic E-state index is 0.0469. The molecule has 2 aliphatic heterocycles. The van der Waals surface area contributed by atoms with Crippen molar-refractivity contribution in [3.8, 4) is 0 Å². The molecule has 5 nitrogen and oxygen atoms in total. The number of amides is 1. The van der Waals surface area contributed by atoms with Crippen molar-refractivity contribution in [1.82, 2.24) is 4.90 Å². The molecule has 0 saturated carbocycles. The van der Waals surface area contributed by atoms with Crippen molar-refractivity contribution < 1.29 is 19.4 Å². The van der Waals surface area contributed by atoms with E-state index in [1.807, 2.05) is 26.0 Å². The van der Waals surface area contributed by atoms with Crippen molar-refractivity contribution >= 4 is 11.9 Å². The average Bonchev–Trinajstić information content (AvgIpc) is 2.97. The number of hydrogen-bond acceptors (Lipinski definition) is 3. The molecule has 1 aromatic rings. The van der Waals surface area contributed by atoms with Crippen LogP contribution in [0, 0.1) is 24.2 Å². The van der Waals surface area contributed by atoms with Crippen LogP contribution in [0.2, 0.25) is 0 Å². The lowest BCUT2D eigenvalue weighted by atomic mass is 9.74. The number of carboxylic acids is 1. The number of nitrogens with zero attached hydrogens (tertiary/aromatic N) is 1. The minimum Gasteiger partial charge on any atom is -0.481 e. The zero-order valence-electron chi connectivity index (χ0n) is 14.3. The lowest BCUT2D eigenvalue weighted by Gasteiger charge is -2.33. The van der Waals surface area contributed by atoms with E-state index in [0.29, 0.717) is 39.1 Å². The molecule has 3 rings (SSSR count). The zero-order chi connectivity index (χ0) is 17.3. The number of carboxylic acid groups (broad SMARTS) is 1. The maximum absolute atomic E-state index is 12.8. The topological polar surface area (TPSA) is 66.8 Å². The quantitative estimate of drug-likeness (QED) is 0.918. The van der Waals surface area contributed by atoms with Crippen LogP contribution in [0.5, 0.6) is 0 Å². The number of hydrogen-bond donors (Lipinski definition) is 1. The van der Waals surface area contributed by atoms with Gasteiger partial charge >= 0.3 is 5.97 Å². The van der Waals surface area contributed by atoms with Gasteiger partial charge in [-0.15, -0.1) is 0 Å². The average molecular weight is 331 g/mol. The number of likely N-dealkylation sites (tertiary alicyclic amines) is 1. The summed E-state index contributed by atoms with van der Waals surface area (Å²) in [5.74, 6) is -0.998. The third kappa shape index (κ3) is 3.05. The molecule has 1 unspecified atom stereocenters. The highest BCUT2D eigenvalue weighted by atomic mass is 16.5. The van der Waals surface area contributed by atoms with Crippen LogP contribution in [0.1, 0.15) is 24.5 Å². The Morgan fingerprint density at radius 3 is 2.71 bits per heavy atom. The van der Waals surface area contributed by atoms with Gasteiger partial charge in [-0.05, 0) is 25.3 Å². The Balaban J connectivity index is 1.69. The Labute approximate surface area is 142 Å². The first-order valence-electron chi connectivity index (χ1n) is 8.58. The van der Waals surface area contributed by atoms with Gasteiger partial charge in [-0.1, -0.05) is 36.8 Å². The highest BCUT2D eigenvalue weighted by Crippen LogP contribution is 2.42. The summed E-state index contributed by atoms with van der Waals surface area (Å²) < 4.78 is 5.45. The van der Waals surface area contributed by atoms with Crippen molar-refractivity contribution in [2.45, 2.75) is 26.7 Å². The summed E-state index contributed by atoms with van der Waals surface area (Å²) >= 11 is 0. The van der Waals surface area contributed by atoms with Crippen molar-refractivity contribution in [2.24, 2.45) is 17.3 Å². The number of ether oxygens (including phenoxy) is 1. The maximum atomic E-state index is 12.8. The Bertz CT molecular complexity index is 627. The minimum atomic E-state index is -0.822. The molecule has 0 radical (unpaired) electrons. The molecule has 5 heteroatoms. The van der Waals surface area contributed by atoms with Gasteiger partial charge < -0.3 is 14.7 Å². The lowest BCUT2D eigenvalue weighted by molar-refractivity contribution is -0.157. The van der Waals surface area contributed by atoms with Crippen molar-refractivity contribution in [1.29, 1.82) is 0 Å². The number of benzene rings is 1. The van der Waals surface area contributed by atoms with E-state index in [0.717, 1.165) is 5.56 Å². The maximum Gasteiger partial charge on any atom is 0.311 e. The van der Waals surface area contributed by atoms with Gasteiger partial charge in [0.1, 0.15) is 0 Å². The Hall–Kier alpha value is -1.88. The summed E-state index contributed by atoms with van der Waals surface area (Å²) in [6, 6.07) is 8.20.